The molecule has 2 aliphatic heterocycles. The van der Waals surface area contributed by atoms with Gasteiger partial charge in [0.15, 0.2) is 0 Å². The summed E-state index contributed by atoms with van der Waals surface area (Å²) in [7, 11) is 0. The second kappa shape index (κ2) is 7.40. The standard InChI is InChI=1S/C19H26N4OS/c1-15-4-12-25-16(15)13-23-10-3-17-19(14-23,6-11-24-17)5-9-22-18-20-7-2-8-21-18/h2,4,7-8,12,17H,3,5-6,9-11,13-14H2,1H3,(H,20,21,22)/t17-,19+/m1/s1. The Labute approximate surface area is 153 Å². The molecule has 2 aromatic heterocycles. The molecule has 0 radical (unpaired) electrons. The van der Waals surface area contributed by atoms with Gasteiger partial charge in [-0.15, -0.1) is 11.3 Å². The first-order chi connectivity index (χ1) is 12.3. The molecule has 0 amide bonds. The molecule has 2 aromatic rings. The van der Waals surface area contributed by atoms with Gasteiger partial charge in [0.25, 0.3) is 0 Å². The molecule has 2 aliphatic rings. The lowest BCUT2D eigenvalue weighted by Crippen LogP contribution is -2.49. The third kappa shape index (κ3) is 3.71. The molecule has 2 fully saturated rings. The van der Waals surface area contributed by atoms with Crippen molar-refractivity contribution in [1.29, 1.82) is 0 Å². The van der Waals surface area contributed by atoms with E-state index >= 15 is 0 Å². The van der Waals surface area contributed by atoms with Gasteiger partial charge in [0.1, 0.15) is 0 Å². The van der Waals surface area contributed by atoms with Crippen LogP contribution in [0.2, 0.25) is 0 Å². The summed E-state index contributed by atoms with van der Waals surface area (Å²) >= 11 is 1.88. The summed E-state index contributed by atoms with van der Waals surface area (Å²) in [6.07, 6.45) is 7.38. The van der Waals surface area contributed by atoms with Crippen LogP contribution < -0.4 is 5.32 Å². The van der Waals surface area contributed by atoms with Crippen molar-refractivity contribution in [1.82, 2.24) is 14.9 Å². The van der Waals surface area contributed by atoms with Crippen molar-refractivity contribution in [3.63, 3.8) is 0 Å². The molecule has 4 rings (SSSR count). The summed E-state index contributed by atoms with van der Waals surface area (Å²) in [4.78, 5) is 12.6. The zero-order valence-corrected chi connectivity index (χ0v) is 15.6. The highest BCUT2D eigenvalue weighted by molar-refractivity contribution is 7.10. The lowest BCUT2D eigenvalue weighted by Gasteiger charge is -2.44. The number of piperidine rings is 1. The molecule has 0 bridgehead atoms. The average Bonchev–Trinajstić information content (AvgIpc) is 3.22. The molecule has 1 N–H and O–H groups in total. The van der Waals surface area contributed by atoms with E-state index in [-0.39, 0.29) is 5.41 Å². The van der Waals surface area contributed by atoms with Gasteiger partial charge in [-0.05, 0) is 49.3 Å². The van der Waals surface area contributed by atoms with Gasteiger partial charge in [-0.25, -0.2) is 9.97 Å². The number of hydrogen-bond donors (Lipinski definition) is 1. The van der Waals surface area contributed by atoms with E-state index in [1.165, 1.54) is 10.4 Å². The Morgan fingerprint density at radius 3 is 3.08 bits per heavy atom. The fourth-order valence-corrected chi connectivity index (χ4v) is 5.17. The summed E-state index contributed by atoms with van der Waals surface area (Å²) in [5, 5.41) is 5.58. The van der Waals surface area contributed by atoms with Gasteiger partial charge >= 0.3 is 0 Å². The van der Waals surface area contributed by atoms with Gasteiger partial charge in [-0.1, -0.05) is 0 Å². The van der Waals surface area contributed by atoms with Gasteiger partial charge in [0.2, 0.25) is 5.95 Å². The van der Waals surface area contributed by atoms with Crippen LogP contribution in [0, 0.1) is 12.3 Å². The molecule has 0 spiro atoms. The van der Waals surface area contributed by atoms with Crippen molar-refractivity contribution < 1.29 is 4.74 Å². The van der Waals surface area contributed by atoms with E-state index in [1.54, 1.807) is 12.4 Å². The topological polar surface area (TPSA) is 50.3 Å². The maximum atomic E-state index is 6.09. The first-order valence-corrected chi connectivity index (χ1v) is 10.0. The fraction of sp³-hybridized carbons (Fsp3) is 0.579. The number of aromatic nitrogens is 2. The number of likely N-dealkylation sites (tertiary alicyclic amines) is 1. The van der Waals surface area contributed by atoms with E-state index in [9.17, 15) is 0 Å². The second-order valence-electron chi connectivity index (χ2n) is 7.25. The predicted octanol–water partition coefficient (Wildman–Crippen LogP) is 3.33. The van der Waals surface area contributed by atoms with Crippen LogP contribution in [-0.2, 0) is 11.3 Å². The highest BCUT2D eigenvalue weighted by atomic mass is 32.1. The smallest absolute Gasteiger partial charge is 0.222 e. The number of aryl methyl sites for hydroxylation is 1. The van der Waals surface area contributed by atoms with E-state index in [2.05, 4.69) is 38.6 Å². The quantitative estimate of drug-likeness (QED) is 0.858. The Kier molecular flexibility index (Phi) is 5.01. The van der Waals surface area contributed by atoms with E-state index < -0.39 is 0 Å². The Bertz CT molecular complexity index is 692. The highest BCUT2D eigenvalue weighted by Crippen LogP contribution is 2.44. The maximum absolute atomic E-state index is 6.09. The summed E-state index contributed by atoms with van der Waals surface area (Å²) in [6, 6.07) is 4.07. The molecule has 25 heavy (non-hydrogen) atoms. The van der Waals surface area contributed by atoms with Crippen LogP contribution in [0.1, 0.15) is 29.7 Å². The lowest BCUT2D eigenvalue weighted by atomic mass is 9.74. The first kappa shape index (κ1) is 16.9. The first-order valence-electron chi connectivity index (χ1n) is 9.13. The largest absolute Gasteiger partial charge is 0.378 e. The molecule has 2 atom stereocenters. The van der Waals surface area contributed by atoms with Gasteiger partial charge in [0.05, 0.1) is 6.10 Å². The summed E-state index contributed by atoms with van der Waals surface area (Å²) in [5.41, 5.74) is 1.69. The Balaban J connectivity index is 1.39. The molecule has 5 nitrogen and oxygen atoms in total. The SMILES string of the molecule is Cc1ccsc1CN1CC[C@H]2OCC[C@@]2(CCNc2ncccn2)C1. The van der Waals surface area contributed by atoms with Crippen molar-refractivity contribution in [3.05, 3.63) is 40.3 Å². The molecule has 0 aromatic carbocycles. The van der Waals surface area contributed by atoms with E-state index in [4.69, 9.17) is 4.74 Å². The number of rotatable bonds is 6. The summed E-state index contributed by atoms with van der Waals surface area (Å²) in [5.74, 6) is 0.719. The molecule has 4 heterocycles. The van der Waals surface area contributed by atoms with Gasteiger partial charge in [-0.3, -0.25) is 4.90 Å². The number of nitrogens with zero attached hydrogens (tertiary/aromatic N) is 3. The molecule has 0 aliphatic carbocycles. The number of hydrogen-bond acceptors (Lipinski definition) is 6. The van der Waals surface area contributed by atoms with Crippen molar-refractivity contribution in [2.45, 2.75) is 38.8 Å². The van der Waals surface area contributed by atoms with E-state index in [1.807, 2.05) is 17.4 Å². The van der Waals surface area contributed by atoms with Gasteiger partial charge in [0, 0.05) is 55.5 Å². The van der Waals surface area contributed by atoms with Crippen molar-refractivity contribution >= 4 is 17.3 Å². The van der Waals surface area contributed by atoms with Gasteiger partial charge in [-0.2, -0.15) is 0 Å². The van der Waals surface area contributed by atoms with Crippen molar-refractivity contribution in [2.75, 3.05) is 31.6 Å². The number of ether oxygens (including phenoxy) is 1. The zero-order valence-electron chi connectivity index (χ0n) is 14.8. The number of fused-ring (bicyclic) bond motifs is 1. The Hall–Kier alpha value is -1.50. The zero-order chi connectivity index (χ0) is 17.1. The molecule has 6 heteroatoms. The number of nitrogens with one attached hydrogen (secondary N) is 1. The van der Waals surface area contributed by atoms with Crippen LogP contribution in [0.4, 0.5) is 5.95 Å². The fourth-order valence-electron chi connectivity index (χ4n) is 4.22. The minimum Gasteiger partial charge on any atom is -0.378 e. The Morgan fingerprint density at radius 1 is 1.40 bits per heavy atom. The number of anilines is 1. The van der Waals surface area contributed by atoms with E-state index in [0.29, 0.717) is 6.10 Å². The molecule has 0 unspecified atom stereocenters. The Morgan fingerprint density at radius 2 is 2.28 bits per heavy atom. The monoisotopic (exact) mass is 358 g/mol. The van der Waals surface area contributed by atoms with Crippen LogP contribution in [-0.4, -0.2) is 47.2 Å². The molecular weight excluding hydrogens is 332 g/mol. The normalized spacial score (nSPS) is 26.5. The third-order valence-electron chi connectivity index (χ3n) is 5.66. The maximum Gasteiger partial charge on any atom is 0.222 e. The average molecular weight is 359 g/mol. The lowest BCUT2D eigenvalue weighted by molar-refractivity contribution is -0.0226. The minimum absolute atomic E-state index is 0.269. The molecule has 2 saturated heterocycles. The number of thiophene rings is 1. The van der Waals surface area contributed by atoms with Crippen LogP contribution >= 0.6 is 11.3 Å². The minimum atomic E-state index is 0.269. The van der Waals surface area contributed by atoms with Crippen LogP contribution in [0.5, 0.6) is 0 Å². The predicted molar refractivity (Wildman–Crippen MR) is 101 cm³/mol. The summed E-state index contributed by atoms with van der Waals surface area (Å²) < 4.78 is 6.09. The van der Waals surface area contributed by atoms with Gasteiger partial charge < -0.3 is 10.1 Å². The van der Waals surface area contributed by atoms with E-state index in [0.717, 1.165) is 58.0 Å². The molecular formula is C19H26N4OS. The molecule has 0 saturated carbocycles. The summed E-state index contributed by atoms with van der Waals surface area (Å²) in [6.45, 7) is 7.36. The van der Waals surface area contributed by atoms with Crippen molar-refractivity contribution in [2.24, 2.45) is 5.41 Å². The molecule has 134 valence electrons. The second-order valence-corrected chi connectivity index (χ2v) is 8.25. The van der Waals surface area contributed by atoms with Crippen molar-refractivity contribution in [3.8, 4) is 0 Å². The van der Waals surface area contributed by atoms with Crippen LogP contribution in [0.15, 0.2) is 29.9 Å². The highest BCUT2D eigenvalue weighted by Gasteiger charge is 2.47. The van der Waals surface area contributed by atoms with Crippen LogP contribution in [0.25, 0.3) is 0 Å². The third-order valence-corrected chi connectivity index (χ3v) is 6.66. The van der Waals surface area contributed by atoms with Crippen LogP contribution in [0.3, 0.4) is 0 Å².